The number of ketones is 1. The number of carbonyl (C=O) groups is 1. The molecule has 1 aromatic carbocycles. The predicted molar refractivity (Wildman–Crippen MR) is 88.6 cm³/mol. The van der Waals surface area contributed by atoms with Crippen LogP contribution < -0.4 is 10.9 Å². The molecule has 3 N–H and O–H groups in total. The van der Waals surface area contributed by atoms with Gasteiger partial charge in [0.25, 0.3) is 5.96 Å². The van der Waals surface area contributed by atoms with Gasteiger partial charge < -0.3 is 5.11 Å². The molecule has 1 aliphatic heterocycles. The van der Waals surface area contributed by atoms with Gasteiger partial charge in [0.15, 0.2) is 5.84 Å². The van der Waals surface area contributed by atoms with Crippen LogP contribution in [0.5, 0.6) is 0 Å². The fourth-order valence-electron chi connectivity index (χ4n) is 2.80. The maximum absolute atomic E-state index is 12.5. The molecule has 0 unspecified atom stereocenters. The molecular formula is C16H14N6O2. The van der Waals surface area contributed by atoms with Gasteiger partial charge in [0, 0.05) is 16.8 Å². The Hall–Kier alpha value is -3.42. The number of benzene rings is 1. The molecule has 0 bridgehead atoms. The fourth-order valence-corrected chi connectivity index (χ4v) is 2.80. The molecule has 0 saturated carbocycles. The monoisotopic (exact) mass is 322 g/mol. The molecule has 0 fully saturated rings. The van der Waals surface area contributed by atoms with Gasteiger partial charge in [-0.3, -0.25) is 10.2 Å². The van der Waals surface area contributed by atoms with Crippen molar-refractivity contribution in [3.63, 3.8) is 0 Å². The zero-order valence-electron chi connectivity index (χ0n) is 13.0. The number of rotatable bonds is 1. The van der Waals surface area contributed by atoms with Crippen molar-refractivity contribution in [2.75, 3.05) is 0 Å². The number of aliphatic hydroxyl groups is 1. The van der Waals surface area contributed by atoms with E-state index in [9.17, 15) is 9.90 Å². The first kappa shape index (κ1) is 14.2. The Morgan fingerprint density at radius 3 is 2.42 bits per heavy atom. The summed E-state index contributed by atoms with van der Waals surface area (Å²) in [5, 5.41) is 22.9. The molecule has 4 rings (SSSR count). The lowest BCUT2D eigenvalue weighted by Crippen LogP contribution is -2.40. The largest absolute Gasteiger partial charge is 0.506 e. The van der Waals surface area contributed by atoms with Crippen LogP contribution in [0.15, 0.2) is 46.1 Å². The van der Waals surface area contributed by atoms with Crippen molar-refractivity contribution in [3.05, 3.63) is 58.4 Å². The number of nitrogens with one attached hydrogen (secondary N) is 2. The van der Waals surface area contributed by atoms with Crippen molar-refractivity contribution in [1.29, 1.82) is 0 Å². The number of nitrogens with zero attached hydrogens (tertiary/aromatic N) is 4. The molecule has 0 spiro atoms. The number of amidine groups is 1. The van der Waals surface area contributed by atoms with E-state index in [2.05, 4.69) is 26.2 Å². The number of carbonyl (C=O) groups excluding carboxylic acids is 1. The molecule has 0 atom stereocenters. The first-order valence-electron chi connectivity index (χ1n) is 7.35. The molecule has 0 amide bonds. The van der Waals surface area contributed by atoms with Crippen LogP contribution in [0.4, 0.5) is 0 Å². The van der Waals surface area contributed by atoms with Crippen molar-refractivity contribution >= 4 is 23.3 Å². The summed E-state index contributed by atoms with van der Waals surface area (Å²) < 4.78 is 1.60. The zero-order chi connectivity index (χ0) is 16.8. The van der Waals surface area contributed by atoms with Gasteiger partial charge in [0.1, 0.15) is 11.3 Å². The number of hydrogen-bond acceptors (Lipinski definition) is 7. The third-order valence-corrected chi connectivity index (χ3v) is 3.87. The van der Waals surface area contributed by atoms with E-state index in [4.69, 9.17) is 0 Å². The summed E-state index contributed by atoms with van der Waals surface area (Å²) in [7, 11) is 0. The highest BCUT2D eigenvalue weighted by molar-refractivity contribution is 6.35. The summed E-state index contributed by atoms with van der Waals surface area (Å²) in [5.41, 5.74) is 8.27. The lowest BCUT2D eigenvalue weighted by atomic mass is 10.1. The molecular weight excluding hydrogens is 308 g/mol. The summed E-state index contributed by atoms with van der Waals surface area (Å²) in [4.78, 5) is 12.5. The SMILES string of the molecule is Cc1cc(C)n(C2=NNC(C3=C(O)c4ccccc4C3=O)=NN2)n1. The minimum atomic E-state index is -0.291. The van der Waals surface area contributed by atoms with Crippen molar-refractivity contribution in [2.24, 2.45) is 10.2 Å². The molecule has 2 heterocycles. The Bertz CT molecular complexity index is 967. The number of hydrogen-bond donors (Lipinski definition) is 3. The molecule has 0 saturated heterocycles. The van der Waals surface area contributed by atoms with Crippen molar-refractivity contribution in [1.82, 2.24) is 20.6 Å². The second kappa shape index (κ2) is 5.05. The molecule has 1 aromatic heterocycles. The van der Waals surface area contributed by atoms with Crippen LogP contribution in [-0.2, 0) is 0 Å². The number of aliphatic hydroxyl groups excluding tert-OH is 1. The Balaban J connectivity index is 1.64. The standard InChI is InChI=1S/C16H14N6O2/c1-8-7-9(2)22(21-8)16-19-17-15(18-20-16)12-13(23)10-5-3-4-6-11(10)14(12)24/h3-7,23H,1-2H3,(H,17,18)(H,19,20). The zero-order valence-corrected chi connectivity index (χ0v) is 13.0. The second-order valence-corrected chi connectivity index (χ2v) is 5.56. The summed E-state index contributed by atoms with van der Waals surface area (Å²) in [6, 6.07) is 8.78. The lowest BCUT2D eigenvalue weighted by Gasteiger charge is -2.15. The van der Waals surface area contributed by atoms with Crippen LogP contribution >= 0.6 is 0 Å². The number of hydrazone groups is 2. The number of fused-ring (bicyclic) bond motifs is 1. The maximum Gasteiger partial charge on any atom is 0.262 e. The predicted octanol–water partition coefficient (Wildman–Crippen LogP) is 1.29. The molecule has 120 valence electrons. The average molecular weight is 322 g/mol. The van der Waals surface area contributed by atoms with Gasteiger partial charge in [0.05, 0.1) is 5.69 Å². The Labute approximate surface area is 137 Å². The lowest BCUT2D eigenvalue weighted by molar-refractivity contribution is 0.104. The minimum Gasteiger partial charge on any atom is -0.506 e. The van der Waals surface area contributed by atoms with Crippen molar-refractivity contribution < 1.29 is 9.90 Å². The number of aromatic nitrogens is 2. The maximum atomic E-state index is 12.5. The van der Waals surface area contributed by atoms with Crippen LogP contribution in [0, 0.1) is 13.8 Å². The Kier molecular flexibility index (Phi) is 2.99. The quantitative estimate of drug-likeness (QED) is 0.734. The van der Waals surface area contributed by atoms with E-state index >= 15 is 0 Å². The van der Waals surface area contributed by atoms with Gasteiger partial charge in [-0.2, -0.15) is 10.2 Å². The highest BCUT2D eigenvalue weighted by Crippen LogP contribution is 2.31. The molecule has 8 heteroatoms. The average Bonchev–Trinajstić information content (AvgIpc) is 3.05. The summed E-state index contributed by atoms with van der Waals surface area (Å²) in [5.74, 6) is 0.153. The molecule has 2 aromatic rings. The summed E-state index contributed by atoms with van der Waals surface area (Å²) in [6.07, 6.45) is 0. The van der Waals surface area contributed by atoms with Gasteiger partial charge in [0.2, 0.25) is 5.78 Å². The van der Waals surface area contributed by atoms with Crippen LogP contribution in [-0.4, -0.2) is 32.5 Å². The highest BCUT2D eigenvalue weighted by atomic mass is 16.3. The van der Waals surface area contributed by atoms with E-state index in [1.807, 2.05) is 19.9 Å². The number of aryl methyl sites for hydroxylation is 2. The molecule has 2 aliphatic rings. The van der Waals surface area contributed by atoms with E-state index in [1.54, 1.807) is 28.9 Å². The molecule has 24 heavy (non-hydrogen) atoms. The Morgan fingerprint density at radius 2 is 1.83 bits per heavy atom. The minimum absolute atomic E-state index is 0.0971. The Morgan fingerprint density at radius 1 is 1.08 bits per heavy atom. The van der Waals surface area contributed by atoms with Gasteiger partial charge >= 0.3 is 0 Å². The van der Waals surface area contributed by atoms with Crippen LogP contribution in [0.3, 0.4) is 0 Å². The third kappa shape index (κ3) is 2.00. The van der Waals surface area contributed by atoms with E-state index in [0.717, 1.165) is 11.4 Å². The van der Waals surface area contributed by atoms with Gasteiger partial charge in [-0.15, -0.1) is 5.10 Å². The third-order valence-electron chi connectivity index (χ3n) is 3.87. The summed E-state index contributed by atoms with van der Waals surface area (Å²) >= 11 is 0. The van der Waals surface area contributed by atoms with Crippen molar-refractivity contribution in [2.45, 2.75) is 13.8 Å². The van der Waals surface area contributed by atoms with E-state index in [-0.39, 0.29) is 23.0 Å². The van der Waals surface area contributed by atoms with Gasteiger partial charge in [-0.05, 0) is 19.9 Å². The van der Waals surface area contributed by atoms with Gasteiger partial charge in [-0.1, -0.05) is 24.3 Å². The van der Waals surface area contributed by atoms with E-state index < -0.39 is 0 Å². The molecule has 8 nitrogen and oxygen atoms in total. The smallest absolute Gasteiger partial charge is 0.262 e. The van der Waals surface area contributed by atoms with E-state index in [1.165, 1.54) is 0 Å². The van der Waals surface area contributed by atoms with Crippen LogP contribution in [0.1, 0.15) is 27.3 Å². The number of Topliss-reactive ketones (excluding diaryl/α,β-unsaturated/α-hetero) is 1. The van der Waals surface area contributed by atoms with Crippen LogP contribution in [0.25, 0.3) is 5.76 Å². The second-order valence-electron chi connectivity index (χ2n) is 5.56. The van der Waals surface area contributed by atoms with Crippen molar-refractivity contribution in [3.8, 4) is 0 Å². The fraction of sp³-hybridized carbons (Fsp3) is 0.125. The molecule has 0 radical (unpaired) electrons. The van der Waals surface area contributed by atoms with Gasteiger partial charge in [-0.25, -0.2) is 10.1 Å². The summed E-state index contributed by atoms with van der Waals surface area (Å²) in [6.45, 7) is 3.78. The molecule has 1 aliphatic carbocycles. The first-order valence-corrected chi connectivity index (χ1v) is 7.35. The first-order chi connectivity index (χ1) is 11.6. The highest BCUT2D eigenvalue weighted by Gasteiger charge is 2.33. The normalized spacial score (nSPS) is 16.3. The van der Waals surface area contributed by atoms with E-state index in [0.29, 0.717) is 17.1 Å². The topological polar surface area (TPSA) is 104 Å². The van der Waals surface area contributed by atoms with Crippen LogP contribution in [0.2, 0.25) is 0 Å².